The van der Waals surface area contributed by atoms with E-state index in [0.717, 1.165) is 10.2 Å². The molecule has 2 aromatic rings. The first-order chi connectivity index (χ1) is 9.06. The highest BCUT2D eigenvalue weighted by Crippen LogP contribution is 2.30. The zero-order valence-electron chi connectivity index (χ0n) is 10.6. The molecule has 0 radical (unpaired) electrons. The summed E-state index contributed by atoms with van der Waals surface area (Å²) < 4.78 is 16.5. The van der Waals surface area contributed by atoms with Crippen LogP contribution in [0.3, 0.4) is 0 Å². The summed E-state index contributed by atoms with van der Waals surface area (Å²) in [5.74, 6) is 5.20. The Labute approximate surface area is 119 Å². The Bertz CT molecular complexity index is 569. The molecule has 1 unspecified atom stereocenters. The van der Waals surface area contributed by atoms with Gasteiger partial charge in [0.1, 0.15) is 5.82 Å². The first kappa shape index (κ1) is 14.1. The van der Waals surface area contributed by atoms with E-state index in [-0.39, 0.29) is 6.04 Å². The van der Waals surface area contributed by atoms with Gasteiger partial charge in [0.25, 0.3) is 0 Å². The van der Waals surface area contributed by atoms with Crippen LogP contribution in [0.2, 0.25) is 0 Å². The molecule has 0 amide bonds. The van der Waals surface area contributed by atoms with Gasteiger partial charge < -0.3 is 0 Å². The molecule has 102 valence electrons. The van der Waals surface area contributed by atoms with Gasteiger partial charge in [-0.3, -0.25) is 15.5 Å². The molecule has 0 fully saturated rings. The maximum Gasteiger partial charge on any atom is 0.146 e. The lowest BCUT2D eigenvalue weighted by atomic mass is 10.0. The number of halogens is 2. The SMILES string of the molecule is CC(C)n1ncc(Br)c1C(NN)c1ccncc1F. The molecule has 19 heavy (non-hydrogen) atoms. The second kappa shape index (κ2) is 5.77. The summed E-state index contributed by atoms with van der Waals surface area (Å²) in [6.07, 6.45) is 4.38. The van der Waals surface area contributed by atoms with E-state index in [1.807, 2.05) is 13.8 Å². The van der Waals surface area contributed by atoms with Crippen molar-refractivity contribution >= 4 is 15.9 Å². The molecule has 0 spiro atoms. The number of nitrogens with two attached hydrogens (primary N) is 1. The quantitative estimate of drug-likeness (QED) is 0.668. The van der Waals surface area contributed by atoms with Crippen LogP contribution in [0, 0.1) is 5.82 Å². The molecule has 0 saturated heterocycles. The Morgan fingerprint density at radius 2 is 2.16 bits per heavy atom. The monoisotopic (exact) mass is 327 g/mol. The van der Waals surface area contributed by atoms with E-state index in [1.54, 1.807) is 16.9 Å². The van der Waals surface area contributed by atoms with E-state index in [1.165, 1.54) is 12.4 Å². The Morgan fingerprint density at radius 1 is 1.42 bits per heavy atom. The van der Waals surface area contributed by atoms with Crippen LogP contribution in [-0.4, -0.2) is 14.8 Å². The third-order valence-electron chi connectivity index (χ3n) is 2.83. The van der Waals surface area contributed by atoms with Crippen LogP contribution in [0.25, 0.3) is 0 Å². The summed E-state index contributed by atoms with van der Waals surface area (Å²) in [5, 5.41) is 4.28. The lowest BCUT2D eigenvalue weighted by Crippen LogP contribution is -2.32. The van der Waals surface area contributed by atoms with Crippen LogP contribution in [0.4, 0.5) is 4.39 Å². The van der Waals surface area contributed by atoms with Gasteiger partial charge in [0.05, 0.1) is 28.6 Å². The number of rotatable bonds is 4. The molecule has 2 aromatic heterocycles. The highest BCUT2D eigenvalue weighted by atomic mass is 79.9. The number of aromatic nitrogens is 3. The van der Waals surface area contributed by atoms with Crippen LogP contribution in [0.15, 0.2) is 29.1 Å². The summed E-state index contributed by atoms with van der Waals surface area (Å²) in [4.78, 5) is 3.75. The van der Waals surface area contributed by atoms with Gasteiger partial charge in [0, 0.05) is 17.8 Å². The first-order valence-electron chi connectivity index (χ1n) is 5.84. The lowest BCUT2D eigenvalue weighted by molar-refractivity contribution is 0.465. The predicted molar refractivity (Wildman–Crippen MR) is 73.7 cm³/mol. The molecule has 1 atom stereocenters. The van der Waals surface area contributed by atoms with Crippen molar-refractivity contribution in [1.82, 2.24) is 20.2 Å². The molecule has 2 rings (SSSR count). The minimum Gasteiger partial charge on any atom is -0.271 e. The standard InChI is InChI=1S/C12H15BrFN5/c1-7(2)19-12(9(13)5-17-19)11(18-15)8-3-4-16-6-10(8)14/h3-7,11,18H,15H2,1-2H3. The number of nitrogens with one attached hydrogen (secondary N) is 1. The topological polar surface area (TPSA) is 68.8 Å². The number of hydrazine groups is 1. The zero-order valence-corrected chi connectivity index (χ0v) is 12.2. The van der Waals surface area contributed by atoms with Crippen LogP contribution < -0.4 is 11.3 Å². The Morgan fingerprint density at radius 3 is 2.74 bits per heavy atom. The molecule has 0 bridgehead atoms. The molecular formula is C12H15BrFN5. The highest BCUT2D eigenvalue weighted by Gasteiger charge is 2.24. The van der Waals surface area contributed by atoms with Crippen LogP contribution in [0.5, 0.6) is 0 Å². The maximum atomic E-state index is 13.9. The Balaban J connectivity index is 2.55. The smallest absolute Gasteiger partial charge is 0.146 e. The Hall–Kier alpha value is -1.31. The maximum absolute atomic E-state index is 13.9. The second-order valence-corrected chi connectivity index (χ2v) is 5.27. The third kappa shape index (κ3) is 2.68. The summed E-state index contributed by atoms with van der Waals surface area (Å²) in [6, 6.07) is 1.24. The minimum absolute atomic E-state index is 0.141. The van der Waals surface area contributed by atoms with Gasteiger partial charge in [0.2, 0.25) is 0 Å². The van der Waals surface area contributed by atoms with Gasteiger partial charge in [-0.05, 0) is 35.8 Å². The summed E-state index contributed by atoms with van der Waals surface area (Å²) in [5.41, 5.74) is 3.85. The molecule has 0 saturated carbocycles. The summed E-state index contributed by atoms with van der Waals surface area (Å²) >= 11 is 3.43. The molecule has 0 aliphatic heterocycles. The van der Waals surface area contributed by atoms with E-state index in [0.29, 0.717) is 5.56 Å². The molecule has 3 N–H and O–H groups in total. The number of nitrogens with zero attached hydrogens (tertiary/aromatic N) is 3. The van der Waals surface area contributed by atoms with Crippen molar-refractivity contribution in [2.24, 2.45) is 5.84 Å². The molecular weight excluding hydrogens is 313 g/mol. The van der Waals surface area contributed by atoms with E-state index in [2.05, 4.69) is 31.4 Å². The van der Waals surface area contributed by atoms with Crippen molar-refractivity contribution in [3.63, 3.8) is 0 Å². The first-order valence-corrected chi connectivity index (χ1v) is 6.64. The number of hydrogen-bond acceptors (Lipinski definition) is 4. The van der Waals surface area contributed by atoms with Crippen molar-refractivity contribution in [1.29, 1.82) is 0 Å². The van der Waals surface area contributed by atoms with E-state index in [9.17, 15) is 4.39 Å². The fourth-order valence-corrected chi connectivity index (χ4v) is 2.47. The fourth-order valence-electron chi connectivity index (χ4n) is 1.97. The largest absolute Gasteiger partial charge is 0.271 e. The minimum atomic E-state index is -0.498. The lowest BCUT2D eigenvalue weighted by Gasteiger charge is -2.21. The van der Waals surface area contributed by atoms with Gasteiger partial charge in [-0.25, -0.2) is 9.82 Å². The zero-order chi connectivity index (χ0) is 14.0. The summed E-state index contributed by atoms with van der Waals surface area (Å²) in [7, 11) is 0. The van der Waals surface area contributed by atoms with Gasteiger partial charge in [-0.1, -0.05) is 0 Å². The predicted octanol–water partition coefficient (Wildman–Crippen LogP) is 2.31. The molecule has 0 aliphatic rings. The van der Waals surface area contributed by atoms with Crippen molar-refractivity contribution in [2.45, 2.75) is 25.9 Å². The molecule has 5 nitrogen and oxygen atoms in total. The third-order valence-corrected chi connectivity index (χ3v) is 3.44. The Kier molecular flexibility index (Phi) is 4.28. The van der Waals surface area contributed by atoms with Crippen LogP contribution >= 0.6 is 15.9 Å². The average Bonchev–Trinajstić information content (AvgIpc) is 2.75. The van der Waals surface area contributed by atoms with Crippen LogP contribution in [-0.2, 0) is 0 Å². The second-order valence-electron chi connectivity index (χ2n) is 4.41. The number of hydrogen-bond donors (Lipinski definition) is 2. The van der Waals surface area contributed by atoms with Gasteiger partial charge >= 0.3 is 0 Å². The van der Waals surface area contributed by atoms with Crippen molar-refractivity contribution in [2.75, 3.05) is 0 Å². The number of pyridine rings is 1. The van der Waals surface area contributed by atoms with Gasteiger partial charge in [-0.15, -0.1) is 0 Å². The van der Waals surface area contributed by atoms with Crippen molar-refractivity contribution in [3.8, 4) is 0 Å². The average molecular weight is 328 g/mol. The van der Waals surface area contributed by atoms with E-state index in [4.69, 9.17) is 5.84 Å². The van der Waals surface area contributed by atoms with E-state index >= 15 is 0 Å². The van der Waals surface area contributed by atoms with Crippen molar-refractivity contribution < 1.29 is 4.39 Å². The normalized spacial score (nSPS) is 12.9. The fraction of sp³-hybridized carbons (Fsp3) is 0.333. The molecule has 0 aliphatic carbocycles. The van der Waals surface area contributed by atoms with Crippen molar-refractivity contribution in [3.05, 3.63) is 46.2 Å². The van der Waals surface area contributed by atoms with Crippen LogP contribution in [0.1, 0.15) is 37.2 Å². The van der Waals surface area contributed by atoms with Gasteiger partial charge in [-0.2, -0.15) is 5.10 Å². The highest BCUT2D eigenvalue weighted by molar-refractivity contribution is 9.10. The summed E-state index contributed by atoms with van der Waals surface area (Å²) in [6.45, 7) is 4.00. The molecule has 7 heteroatoms. The van der Waals surface area contributed by atoms with E-state index < -0.39 is 11.9 Å². The van der Waals surface area contributed by atoms with Gasteiger partial charge in [0.15, 0.2) is 0 Å². The molecule has 2 heterocycles. The molecule has 0 aromatic carbocycles.